The maximum atomic E-state index is 12.8. The molecule has 0 bridgehead atoms. The quantitative estimate of drug-likeness (QED) is 0.0157. The van der Waals surface area contributed by atoms with Gasteiger partial charge < -0.3 is 61.8 Å². The summed E-state index contributed by atoms with van der Waals surface area (Å²) in [6.45, 7) is 9.29. The van der Waals surface area contributed by atoms with Crippen LogP contribution in [-0.4, -0.2) is 156 Å². The number of ether oxygens (including phenoxy) is 8. The largest absolute Gasteiger partial charge is 0.493 e. The second-order valence-corrected chi connectivity index (χ2v) is 36.9. The molecule has 8 aromatic carbocycles. The predicted octanol–water partition coefficient (Wildman–Crippen LogP) is 15.2. The summed E-state index contributed by atoms with van der Waals surface area (Å²) in [6, 6.07) is 39.7. The number of sulfone groups is 4. The number of H-pyrrole nitrogens is 1. The number of nitrogens with zero attached hydrogens (tertiary/aromatic N) is 3. The van der Waals surface area contributed by atoms with Crippen LogP contribution in [0.1, 0.15) is 85.0 Å². The van der Waals surface area contributed by atoms with E-state index in [0.717, 1.165) is 38.7 Å². The zero-order valence-corrected chi connectivity index (χ0v) is 76.8. The number of fused-ring (bicyclic) bond motifs is 1. The molecule has 0 aliphatic carbocycles. The van der Waals surface area contributed by atoms with E-state index in [0.29, 0.717) is 122 Å². The Hall–Kier alpha value is -7.67. The molecule has 0 unspecified atom stereocenters. The fourth-order valence-electron chi connectivity index (χ4n) is 11.4. The van der Waals surface area contributed by atoms with Gasteiger partial charge in [-0.1, -0.05) is 60.7 Å². The molecule has 0 amide bonds. The van der Waals surface area contributed by atoms with Crippen LogP contribution in [0.5, 0.6) is 46.0 Å². The minimum absolute atomic E-state index is 0. The number of aromatic nitrogens is 2. The van der Waals surface area contributed by atoms with Crippen molar-refractivity contribution < 1.29 is 107 Å². The van der Waals surface area contributed by atoms with Crippen molar-refractivity contribution in [2.75, 3.05) is 109 Å². The zero-order valence-electron chi connectivity index (χ0n) is 64.2. The number of para-hydroxylation sites is 4. The molecule has 0 radical (unpaired) electrons. The fraction of sp³-hybridized carbons (Fsp3) is 0.342. The molecule has 27 nitrogen and oxygen atoms in total. The molecule has 0 aliphatic rings. The van der Waals surface area contributed by atoms with Crippen LogP contribution in [0, 0.1) is 33.5 Å². The van der Waals surface area contributed by atoms with Gasteiger partial charge in [0.25, 0.3) is 5.69 Å². The molecule has 618 valence electrons. The van der Waals surface area contributed by atoms with Crippen molar-refractivity contribution in [2.45, 2.75) is 64.5 Å². The van der Waals surface area contributed by atoms with E-state index >= 15 is 0 Å². The third-order valence-electron chi connectivity index (χ3n) is 16.1. The molecule has 0 fully saturated rings. The van der Waals surface area contributed by atoms with Crippen molar-refractivity contribution in [3.63, 3.8) is 0 Å². The average molecular weight is 2080 g/mol. The van der Waals surface area contributed by atoms with E-state index < -0.39 is 78.7 Å². The van der Waals surface area contributed by atoms with Crippen molar-refractivity contribution >= 4 is 131 Å². The maximum Gasteiger partial charge on any atom is 0.327 e. The number of nitro benzene ring substituents is 2. The van der Waals surface area contributed by atoms with E-state index in [-0.39, 0.29) is 79.7 Å². The summed E-state index contributed by atoms with van der Waals surface area (Å²) in [7, 11) is -6.82. The molecule has 5 N–H and O–H groups in total. The predicted molar refractivity (Wildman–Crippen MR) is 450 cm³/mol. The van der Waals surface area contributed by atoms with Crippen molar-refractivity contribution in [3.05, 3.63) is 241 Å². The van der Waals surface area contributed by atoms with Crippen LogP contribution in [-0.2, 0) is 73.3 Å². The molecular formula is C76H92Br4FN6O21S4W-. The van der Waals surface area contributed by atoms with Gasteiger partial charge in [-0.15, -0.1) is 0 Å². The molecular weight excluding hydrogens is 1980 g/mol. The fourth-order valence-corrected chi connectivity index (χ4v) is 17.1. The Morgan fingerprint density at radius 3 is 1.20 bits per heavy atom. The Balaban J connectivity index is 0.000000374. The summed E-state index contributed by atoms with van der Waals surface area (Å²) < 4.78 is 154. The molecule has 9 rings (SSSR count). The number of halogens is 5. The number of nitrogen functional groups attached to an aromatic ring is 1. The number of nitro groups is 2. The summed E-state index contributed by atoms with van der Waals surface area (Å²) in [5, 5.41) is 21.7. The van der Waals surface area contributed by atoms with Crippen LogP contribution in [0.2, 0.25) is 0 Å². The van der Waals surface area contributed by atoms with E-state index in [1.54, 1.807) is 105 Å². The number of benzene rings is 8. The first-order valence-electron chi connectivity index (χ1n) is 33.8. The molecule has 9 aromatic rings. The van der Waals surface area contributed by atoms with Gasteiger partial charge in [-0.2, -0.15) is 4.39 Å². The monoisotopic (exact) mass is 2070 g/mol. The van der Waals surface area contributed by atoms with Crippen molar-refractivity contribution in [1.82, 2.24) is 9.55 Å². The van der Waals surface area contributed by atoms with E-state index in [9.17, 15) is 63.1 Å². The first-order valence-corrected chi connectivity index (χ1v) is 45.2. The molecule has 4 atom stereocenters. The van der Waals surface area contributed by atoms with Crippen LogP contribution in [0.3, 0.4) is 0 Å². The zero-order chi connectivity index (χ0) is 82.9. The molecule has 113 heavy (non-hydrogen) atoms. The molecule has 1 aromatic heterocycles. The number of hydrogen-bond acceptors (Lipinski definition) is 23. The SMILES string of the molecule is CCOc1cc([C@@H](CS(C)(=O)=O)n2c(=O)[nH]c3c(Br)cccc32)ccc1OC.CCOc1cc([C@H](Cc2cccc(Br)c2N)CS(C)(=O)=O)ccc1OC.CCOc1cc([C@H](Cc2cccc(Br)c2[N+](=O)[O-])CS(C)(=O)=O)ccc1OC.CCOc1cc([C@H](N)CS(C)(=O)=O)ccc1OC.O=[N+]([O-])c1c(F)cccc1Br.[CH3-].[W]. The number of hydrogen-bond donors (Lipinski definition) is 3. The van der Waals surface area contributed by atoms with Crippen LogP contribution >= 0.6 is 63.7 Å². The van der Waals surface area contributed by atoms with Gasteiger partial charge in [0, 0.05) is 84.2 Å². The van der Waals surface area contributed by atoms with Gasteiger partial charge in [-0.05, 0) is 217 Å². The Morgan fingerprint density at radius 1 is 0.469 bits per heavy atom. The number of anilines is 1. The molecule has 0 spiro atoms. The van der Waals surface area contributed by atoms with Gasteiger partial charge in [0.05, 0.1) is 114 Å². The number of rotatable bonds is 31. The molecule has 37 heteroatoms. The van der Waals surface area contributed by atoms with Crippen LogP contribution in [0.25, 0.3) is 11.0 Å². The first kappa shape index (κ1) is 99.5. The number of aromatic amines is 1. The van der Waals surface area contributed by atoms with Crippen molar-refractivity contribution in [3.8, 4) is 46.0 Å². The summed E-state index contributed by atoms with van der Waals surface area (Å²) >= 11 is 12.9. The van der Waals surface area contributed by atoms with Crippen LogP contribution in [0.15, 0.2) is 168 Å². The van der Waals surface area contributed by atoms with Crippen LogP contribution in [0.4, 0.5) is 21.5 Å². The van der Waals surface area contributed by atoms with E-state index in [4.69, 9.17) is 49.4 Å². The second kappa shape index (κ2) is 46.2. The van der Waals surface area contributed by atoms with Gasteiger partial charge >= 0.3 is 11.4 Å². The number of methoxy groups -OCH3 is 4. The molecule has 0 saturated heterocycles. The van der Waals surface area contributed by atoms with E-state index in [2.05, 4.69) is 68.7 Å². The standard InChI is InChI=1S/C19H21BrN2O5S.C19H22BrNO6S.C19H24BrNO4S.C12H19NO4S.C6H3BrFNO2.CH3.W/c1-4-27-17-10-12(8-9-16(17)26-2)15(11-28(3,24)25)22-14-7-5-6-13(20)18(14)21-19(22)23;1-4-27-18-11-13(8-9-17(18)26-2)15(12-28(3,24)25)10-14-6-5-7-16(20)19(14)21(22)23;1-4-25-18-11-13(8-9-17(18)24-2)15(12-26(3,22)23)10-14-6-5-7-16(20)19(14)21;1-4-17-12-7-9(5-6-11(12)16-2)10(13)8-18(3,14)15;7-4-2-1-3-5(8)6(4)9(10)11;;/h5-10,15H,4,11H2,1-3H3,(H,21,23);5-9,11,15H,4,10,12H2,1-3H3;5-9,11,15H,4,10,12,21H2,1-3H3;5-7,10H,4,8,13H2,1-3H3;1-3H;1H3;/q;;;;;-1;/t3*15-;10-;;;/m1111.../s1. The summed E-state index contributed by atoms with van der Waals surface area (Å²) in [4.78, 5) is 36.0. The Morgan fingerprint density at radius 2 is 0.814 bits per heavy atom. The average Bonchev–Trinajstić information content (AvgIpc) is 1.64. The van der Waals surface area contributed by atoms with Gasteiger partial charge in [0.2, 0.25) is 5.82 Å². The number of nitrogens with two attached hydrogens (primary N) is 2. The van der Waals surface area contributed by atoms with Gasteiger partial charge in [0.1, 0.15) is 39.3 Å². The third-order valence-corrected chi connectivity index (χ3v) is 22.7. The molecule has 0 aliphatic heterocycles. The summed E-state index contributed by atoms with van der Waals surface area (Å²) in [5.74, 6) is 2.48. The Kier molecular flexibility index (Phi) is 40.7. The van der Waals surface area contributed by atoms with Crippen molar-refractivity contribution in [1.29, 1.82) is 0 Å². The summed E-state index contributed by atoms with van der Waals surface area (Å²) in [6.07, 6.45) is 5.43. The van der Waals surface area contributed by atoms with E-state index in [1.165, 1.54) is 43.4 Å². The Labute approximate surface area is 707 Å². The topological polar surface area (TPSA) is 387 Å². The second-order valence-electron chi connectivity index (χ2n) is 24.7. The smallest absolute Gasteiger partial charge is 0.327 e. The number of imidazole rings is 1. The van der Waals surface area contributed by atoms with Crippen LogP contribution < -0.4 is 55.1 Å². The van der Waals surface area contributed by atoms with Gasteiger partial charge in [0.15, 0.2) is 46.0 Å². The maximum absolute atomic E-state index is 12.8. The number of nitrogens with one attached hydrogen (secondary N) is 1. The van der Waals surface area contributed by atoms with Gasteiger partial charge in [-0.3, -0.25) is 24.8 Å². The third kappa shape index (κ3) is 30.8. The Bertz CT molecular complexity index is 5220. The summed E-state index contributed by atoms with van der Waals surface area (Å²) in [5.41, 5.74) is 17.2. The molecule has 0 saturated carbocycles. The van der Waals surface area contributed by atoms with E-state index in [1.807, 2.05) is 64.1 Å². The normalized spacial score (nSPS) is 12.2. The van der Waals surface area contributed by atoms with Crippen molar-refractivity contribution in [2.24, 2.45) is 5.73 Å². The minimum Gasteiger partial charge on any atom is -0.493 e. The van der Waals surface area contributed by atoms with Gasteiger partial charge in [-0.25, -0.2) is 38.5 Å². The first-order chi connectivity index (χ1) is 52.1. The minimum atomic E-state index is -3.39. The molecule has 1 heterocycles.